The second-order valence-corrected chi connectivity index (χ2v) is 16.7. The summed E-state index contributed by atoms with van der Waals surface area (Å²) in [6.45, 7) is 6.44. The topological polar surface area (TPSA) is 78.9 Å². The van der Waals surface area contributed by atoms with Crippen molar-refractivity contribution in [3.63, 3.8) is 0 Å². The molecule has 6 nitrogen and oxygen atoms in total. The molecule has 1 unspecified atom stereocenters. The zero-order valence-electron chi connectivity index (χ0n) is 39.0. The molecule has 59 heavy (non-hydrogen) atoms. The van der Waals surface area contributed by atoms with Crippen LogP contribution in [0.1, 0.15) is 252 Å². The zero-order valence-corrected chi connectivity index (χ0v) is 39.0. The molecule has 0 rings (SSSR count). The normalized spacial score (nSPS) is 12.4. The molecule has 0 heterocycles. The summed E-state index contributed by atoms with van der Waals surface area (Å²) in [6.07, 6.45) is 56.9. The molecule has 0 radical (unpaired) electrons. The molecule has 0 N–H and O–H groups in total. The summed E-state index contributed by atoms with van der Waals surface area (Å²) in [7, 11) is 0. The van der Waals surface area contributed by atoms with Gasteiger partial charge in [-0.25, -0.2) is 0 Å². The fourth-order valence-corrected chi connectivity index (χ4v) is 7.04. The number of carbonyl (C=O) groups is 3. The van der Waals surface area contributed by atoms with Crippen LogP contribution in [0.25, 0.3) is 0 Å². The van der Waals surface area contributed by atoms with E-state index in [9.17, 15) is 14.4 Å². The van der Waals surface area contributed by atoms with Gasteiger partial charge in [-0.15, -0.1) is 0 Å². The van der Waals surface area contributed by atoms with Gasteiger partial charge in [-0.1, -0.05) is 217 Å². The highest BCUT2D eigenvalue weighted by Crippen LogP contribution is 2.16. The van der Waals surface area contributed by atoms with E-state index in [0.717, 1.165) is 70.6 Å². The Balaban J connectivity index is 4.31. The van der Waals surface area contributed by atoms with Crippen LogP contribution in [0.4, 0.5) is 0 Å². The molecule has 0 aliphatic rings. The Morgan fingerprint density at radius 2 is 0.695 bits per heavy atom. The average molecular weight is 827 g/mol. The molecule has 0 aliphatic heterocycles. The molecule has 0 aromatic heterocycles. The Hall–Kier alpha value is -2.63. The van der Waals surface area contributed by atoms with Crippen LogP contribution in [0.15, 0.2) is 48.6 Å². The third-order valence-electron chi connectivity index (χ3n) is 10.8. The molecule has 0 aliphatic carbocycles. The van der Waals surface area contributed by atoms with Crippen LogP contribution >= 0.6 is 0 Å². The number of rotatable bonds is 45. The van der Waals surface area contributed by atoms with Gasteiger partial charge in [0.1, 0.15) is 13.2 Å². The van der Waals surface area contributed by atoms with Gasteiger partial charge >= 0.3 is 17.9 Å². The Morgan fingerprint density at radius 1 is 0.356 bits per heavy atom. The van der Waals surface area contributed by atoms with Crippen molar-refractivity contribution in [3.8, 4) is 0 Å². The quantitative estimate of drug-likeness (QED) is 0.0263. The van der Waals surface area contributed by atoms with Gasteiger partial charge in [0.2, 0.25) is 0 Å². The molecule has 0 aromatic carbocycles. The Morgan fingerprint density at radius 3 is 1.15 bits per heavy atom. The van der Waals surface area contributed by atoms with Crippen LogP contribution in [-0.2, 0) is 28.6 Å². The number of allylic oxidation sites excluding steroid dienone is 8. The molecular weight excluding hydrogens is 733 g/mol. The minimum Gasteiger partial charge on any atom is -0.462 e. The minimum atomic E-state index is -0.798. The lowest BCUT2D eigenvalue weighted by Gasteiger charge is -2.18. The summed E-state index contributed by atoms with van der Waals surface area (Å²) in [5, 5.41) is 0. The van der Waals surface area contributed by atoms with Gasteiger partial charge < -0.3 is 14.2 Å². The third kappa shape index (κ3) is 46.3. The first-order valence-corrected chi connectivity index (χ1v) is 25.1. The van der Waals surface area contributed by atoms with E-state index in [2.05, 4.69) is 69.4 Å². The van der Waals surface area contributed by atoms with E-state index in [1.807, 2.05) is 0 Å². The van der Waals surface area contributed by atoms with Crippen molar-refractivity contribution in [3.05, 3.63) is 48.6 Å². The Bertz CT molecular complexity index is 1040. The molecule has 0 fully saturated rings. The fourth-order valence-electron chi connectivity index (χ4n) is 7.04. The van der Waals surface area contributed by atoms with E-state index in [1.54, 1.807) is 0 Å². The van der Waals surface area contributed by atoms with Crippen LogP contribution < -0.4 is 0 Å². The van der Waals surface area contributed by atoms with Crippen LogP contribution in [-0.4, -0.2) is 37.2 Å². The summed E-state index contributed by atoms with van der Waals surface area (Å²) in [5.74, 6) is -0.954. The SMILES string of the molecule is CC/C=C\C/C=C\C/C=C\CCCC(=O)OC(COC(=O)CCCCCCC/C=C\CCCC)COC(=O)CCCCCCCCCCCCCCCCCCCCC. The smallest absolute Gasteiger partial charge is 0.306 e. The van der Waals surface area contributed by atoms with E-state index in [4.69, 9.17) is 14.2 Å². The van der Waals surface area contributed by atoms with Crippen molar-refractivity contribution < 1.29 is 28.6 Å². The number of ether oxygens (including phenoxy) is 3. The highest BCUT2D eigenvalue weighted by atomic mass is 16.6. The number of esters is 3. The largest absolute Gasteiger partial charge is 0.462 e. The highest BCUT2D eigenvalue weighted by Gasteiger charge is 2.19. The van der Waals surface area contributed by atoms with Crippen LogP contribution in [0.3, 0.4) is 0 Å². The first-order valence-electron chi connectivity index (χ1n) is 25.1. The van der Waals surface area contributed by atoms with Gasteiger partial charge in [0.15, 0.2) is 6.10 Å². The molecule has 0 amide bonds. The summed E-state index contributed by atoms with van der Waals surface area (Å²) in [4.78, 5) is 37.8. The number of hydrogen-bond acceptors (Lipinski definition) is 6. The van der Waals surface area contributed by atoms with E-state index in [0.29, 0.717) is 19.3 Å². The average Bonchev–Trinajstić information content (AvgIpc) is 3.23. The minimum absolute atomic E-state index is 0.0937. The molecule has 0 saturated carbocycles. The first kappa shape index (κ1) is 56.4. The van der Waals surface area contributed by atoms with Gasteiger partial charge in [-0.3, -0.25) is 14.4 Å². The second-order valence-electron chi connectivity index (χ2n) is 16.7. The fraction of sp³-hybridized carbons (Fsp3) is 0.792. The number of carbonyl (C=O) groups excluding carboxylic acids is 3. The van der Waals surface area contributed by atoms with Crippen molar-refractivity contribution in [2.45, 2.75) is 258 Å². The van der Waals surface area contributed by atoms with Crippen LogP contribution in [0.5, 0.6) is 0 Å². The zero-order chi connectivity index (χ0) is 43.0. The van der Waals surface area contributed by atoms with Gasteiger partial charge in [0.05, 0.1) is 0 Å². The Kier molecular flexibility index (Phi) is 45.9. The maximum absolute atomic E-state index is 12.7. The summed E-state index contributed by atoms with van der Waals surface area (Å²) in [6, 6.07) is 0. The predicted octanol–water partition coefficient (Wildman–Crippen LogP) is 16.3. The first-order chi connectivity index (χ1) is 29.0. The monoisotopic (exact) mass is 827 g/mol. The van der Waals surface area contributed by atoms with Gasteiger partial charge in [-0.2, -0.15) is 0 Å². The van der Waals surface area contributed by atoms with E-state index in [1.165, 1.54) is 135 Å². The summed E-state index contributed by atoms with van der Waals surface area (Å²) < 4.78 is 16.7. The second kappa shape index (κ2) is 48.0. The van der Waals surface area contributed by atoms with Crippen molar-refractivity contribution in [1.29, 1.82) is 0 Å². The van der Waals surface area contributed by atoms with Gasteiger partial charge in [0.25, 0.3) is 0 Å². The lowest BCUT2D eigenvalue weighted by atomic mass is 10.0. The van der Waals surface area contributed by atoms with E-state index >= 15 is 0 Å². The molecule has 1 atom stereocenters. The van der Waals surface area contributed by atoms with Crippen molar-refractivity contribution in [2.75, 3.05) is 13.2 Å². The maximum atomic E-state index is 12.7. The lowest BCUT2D eigenvalue weighted by Crippen LogP contribution is -2.30. The van der Waals surface area contributed by atoms with Crippen molar-refractivity contribution in [1.82, 2.24) is 0 Å². The molecule has 0 spiro atoms. The summed E-state index contributed by atoms with van der Waals surface area (Å²) in [5.41, 5.74) is 0. The number of hydrogen-bond donors (Lipinski definition) is 0. The third-order valence-corrected chi connectivity index (χ3v) is 10.8. The highest BCUT2D eigenvalue weighted by molar-refractivity contribution is 5.71. The number of unbranched alkanes of at least 4 members (excludes halogenated alkanes) is 26. The maximum Gasteiger partial charge on any atom is 0.306 e. The Labute approximate surface area is 365 Å². The molecule has 342 valence electrons. The molecular formula is C53H94O6. The predicted molar refractivity (Wildman–Crippen MR) is 252 cm³/mol. The molecule has 0 bridgehead atoms. The van der Waals surface area contributed by atoms with Gasteiger partial charge in [0, 0.05) is 19.3 Å². The standard InChI is InChI=1S/C53H94O6/c1-4-7-10-13-16-19-22-23-24-25-26-27-28-29-32-34-37-40-43-46-52(55)58-49-50(59-53(56)47-44-41-38-35-31-21-18-15-12-9-6-3)48-57-51(54)45-42-39-36-33-30-20-17-14-11-8-5-2/h9,12,14,17-18,21,35,38,50H,4-8,10-11,13,15-16,19-20,22-34,36-37,39-49H2,1-3H3/b12-9-,17-14-,21-18-,38-35-. The van der Waals surface area contributed by atoms with E-state index in [-0.39, 0.29) is 37.5 Å². The van der Waals surface area contributed by atoms with Crippen molar-refractivity contribution in [2.24, 2.45) is 0 Å². The van der Waals surface area contributed by atoms with Crippen LogP contribution in [0.2, 0.25) is 0 Å². The molecule has 0 saturated heterocycles. The van der Waals surface area contributed by atoms with Crippen molar-refractivity contribution >= 4 is 17.9 Å². The lowest BCUT2D eigenvalue weighted by molar-refractivity contribution is -0.167. The van der Waals surface area contributed by atoms with E-state index < -0.39 is 6.10 Å². The molecule has 0 aromatic rings. The van der Waals surface area contributed by atoms with Crippen LogP contribution in [0, 0.1) is 0 Å². The van der Waals surface area contributed by atoms with Gasteiger partial charge in [-0.05, 0) is 64.2 Å². The molecule has 6 heteroatoms. The summed E-state index contributed by atoms with van der Waals surface area (Å²) >= 11 is 0.